The maximum absolute atomic E-state index is 14.1. The average Bonchev–Trinajstić information content (AvgIpc) is 2.77. The molecule has 1 aliphatic rings. The first-order valence-electron chi connectivity index (χ1n) is 10.4. The molecule has 1 aromatic heterocycles. The van der Waals surface area contributed by atoms with Crippen LogP contribution in [-0.2, 0) is 25.6 Å². The minimum atomic E-state index is -4.55. The maximum atomic E-state index is 14.1. The van der Waals surface area contributed by atoms with Gasteiger partial charge in [-0.2, -0.15) is 13.2 Å². The molecule has 0 bridgehead atoms. The summed E-state index contributed by atoms with van der Waals surface area (Å²) in [5.41, 5.74) is 1.15. The number of hydrogen-bond acceptors (Lipinski definition) is 3. The Labute approximate surface area is 192 Å². The molecule has 3 aromatic rings. The highest BCUT2D eigenvalue weighted by molar-refractivity contribution is 5.94. The molecule has 0 atom stereocenters. The van der Waals surface area contributed by atoms with E-state index in [0.29, 0.717) is 46.6 Å². The molecule has 9 heteroatoms. The first kappa shape index (κ1) is 23.5. The van der Waals surface area contributed by atoms with Gasteiger partial charge in [0.05, 0.1) is 35.5 Å². The van der Waals surface area contributed by atoms with Gasteiger partial charge >= 0.3 is 6.18 Å². The van der Waals surface area contributed by atoms with E-state index in [-0.39, 0.29) is 24.2 Å². The summed E-state index contributed by atoms with van der Waals surface area (Å²) in [6, 6.07) is 7.17. The van der Waals surface area contributed by atoms with E-state index < -0.39 is 29.2 Å². The molecule has 1 aliphatic heterocycles. The predicted molar refractivity (Wildman–Crippen MR) is 118 cm³/mol. The number of fused-ring (bicyclic) bond motifs is 1. The molecule has 0 N–H and O–H groups in total. The fourth-order valence-corrected chi connectivity index (χ4v) is 3.77. The van der Waals surface area contributed by atoms with Crippen LogP contribution in [0.4, 0.5) is 32.0 Å². The van der Waals surface area contributed by atoms with E-state index in [1.54, 1.807) is 25.1 Å². The van der Waals surface area contributed by atoms with Crippen LogP contribution in [0.25, 0.3) is 5.70 Å². The summed E-state index contributed by atoms with van der Waals surface area (Å²) in [5, 5.41) is 0. The maximum Gasteiger partial charge on any atom is 0.418 e. The van der Waals surface area contributed by atoms with E-state index >= 15 is 0 Å². The number of halogens is 6. The third-order valence-electron chi connectivity index (χ3n) is 5.58. The molecule has 3 nitrogen and oxygen atoms in total. The van der Waals surface area contributed by atoms with Gasteiger partial charge in [0.2, 0.25) is 0 Å². The van der Waals surface area contributed by atoms with Gasteiger partial charge in [0, 0.05) is 35.9 Å². The highest BCUT2D eigenvalue weighted by Gasteiger charge is 2.34. The SMILES string of the molecule is C=C1N=CN(Cc2c(F)cc(F)cc2F)c2ccc(Cc3ncc(CC)cc3C(F)(F)F)cc21. The Bertz CT molecular complexity index is 1270. The van der Waals surface area contributed by atoms with Crippen LogP contribution in [0.3, 0.4) is 0 Å². The number of aromatic nitrogens is 1. The molecule has 0 radical (unpaired) electrons. The van der Waals surface area contributed by atoms with Crippen LogP contribution in [0.1, 0.15) is 40.4 Å². The van der Waals surface area contributed by atoms with Crippen molar-refractivity contribution in [3.63, 3.8) is 0 Å². The molecule has 176 valence electrons. The molecule has 0 saturated heterocycles. The summed E-state index contributed by atoms with van der Waals surface area (Å²) in [4.78, 5) is 9.65. The summed E-state index contributed by atoms with van der Waals surface area (Å²) in [7, 11) is 0. The number of nitrogens with zero attached hydrogens (tertiary/aromatic N) is 3. The van der Waals surface area contributed by atoms with Crippen molar-refractivity contribution in [2.24, 2.45) is 4.99 Å². The highest BCUT2D eigenvalue weighted by atomic mass is 19.4. The zero-order chi connectivity index (χ0) is 24.6. The minimum absolute atomic E-state index is 0.0790. The molecular weight excluding hydrogens is 456 g/mol. The van der Waals surface area contributed by atoms with Gasteiger partial charge in [0.15, 0.2) is 0 Å². The van der Waals surface area contributed by atoms with E-state index in [0.717, 1.165) is 6.07 Å². The minimum Gasteiger partial charge on any atom is -0.327 e. The summed E-state index contributed by atoms with van der Waals surface area (Å²) in [6.45, 7) is 5.34. The van der Waals surface area contributed by atoms with Crippen LogP contribution in [0, 0.1) is 17.5 Å². The number of benzene rings is 2. The zero-order valence-electron chi connectivity index (χ0n) is 18.1. The third-order valence-corrected chi connectivity index (χ3v) is 5.58. The molecule has 2 heterocycles. The van der Waals surface area contributed by atoms with Gasteiger partial charge < -0.3 is 4.90 Å². The van der Waals surface area contributed by atoms with Crippen LogP contribution in [-0.4, -0.2) is 11.3 Å². The lowest BCUT2D eigenvalue weighted by Gasteiger charge is -2.27. The second-order valence-corrected chi connectivity index (χ2v) is 7.88. The van der Waals surface area contributed by atoms with Crippen molar-refractivity contribution < 1.29 is 26.3 Å². The third kappa shape index (κ3) is 4.69. The Morgan fingerprint density at radius 3 is 2.32 bits per heavy atom. The summed E-state index contributed by atoms with van der Waals surface area (Å²) >= 11 is 0. The first-order valence-corrected chi connectivity index (χ1v) is 10.4. The normalized spacial score (nSPS) is 13.4. The number of hydrogen-bond donors (Lipinski definition) is 0. The standard InChI is InChI=1S/C25H19F6N3/c1-3-15-7-20(25(29,30)31)23(32-11-15)8-16-4-5-24-18(6-16)14(2)33-13-34(24)12-19-21(27)9-17(26)10-22(19)28/h4-7,9-11,13H,2-3,8,12H2,1H3. The van der Waals surface area contributed by atoms with Gasteiger partial charge in [0.1, 0.15) is 17.5 Å². The van der Waals surface area contributed by atoms with Crippen molar-refractivity contribution >= 4 is 17.7 Å². The number of rotatable bonds is 5. The molecule has 0 spiro atoms. The van der Waals surface area contributed by atoms with E-state index in [1.165, 1.54) is 17.4 Å². The zero-order valence-corrected chi connectivity index (χ0v) is 18.1. The lowest BCUT2D eigenvalue weighted by atomic mass is 9.98. The van der Waals surface area contributed by atoms with Crippen LogP contribution in [0.15, 0.2) is 54.2 Å². The quantitative estimate of drug-likeness (QED) is 0.385. The van der Waals surface area contributed by atoms with Crippen LogP contribution in [0.2, 0.25) is 0 Å². The van der Waals surface area contributed by atoms with Crippen molar-refractivity contribution in [1.29, 1.82) is 0 Å². The summed E-state index contributed by atoms with van der Waals surface area (Å²) in [5.74, 6) is -3.09. The summed E-state index contributed by atoms with van der Waals surface area (Å²) in [6.07, 6.45) is -1.42. The fraction of sp³-hybridized carbons (Fsp3) is 0.200. The second-order valence-electron chi connectivity index (χ2n) is 7.88. The van der Waals surface area contributed by atoms with Gasteiger partial charge in [-0.1, -0.05) is 19.6 Å². The van der Waals surface area contributed by atoms with E-state index in [1.807, 2.05) is 0 Å². The summed E-state index contributed by atoms with van der Waals surface area (Å²) < 4.78 is 82.3. The lowest BCUT2D eigenvalue weighted by molar-refractivity contribution is -0.138. The molecule has 34 heavy (non-hydrogen) atoms. The largest absolute Gasteiger partial charge is 0.418 e. The van der Waals surface area contributed by atoms with E-state index in [9.17, 15) is 26.3 Å². The Kier molecular flexibility index (Phi) is 6.20. The van der Waals surface area contributed by atoms with Crippen molar-refractivity contribution in [1.82, 2.24) is 4.98 Å². The van der Waals surface area contributed by atoms with Crippen molar-refractivity contribution in [3.8, 4) is 0 Å². The molecule has 0 unspecified atom stereocenters. The molecule has 2 aromatic carbocycles. The van der Waals surface area contributed by atoms with Gasteiger partial charge in [0.25, 0.3) is 0 Å². The average molecular weight is 475 g/mol. The number of pyridine rings is 1. The molecule has 0 aliphatic carbocycles. The van der Waals surface area contributed by atoms with Crippen LogP contribution in [0.5, 0.6) is 0 Å². The fourth-order valence-electron chi connectivity index (χ4n) is 3.77. The smallest absolute Gasteiger partial charge is 0.327 e. The van der Waals surface area contributed by atoms with E-state index in [2.05, 4.69) is 16.6 Å². The van der Waals surface area contributed by atoms with Gasteiger partial charge in [-0.25, -0.2) is 18.2 Å². The molecular formula is C25H19F6N3. The van der Waals surface area contributed by atoms with Crippen LogP contribution < -0.4 is 4.90 Å². The predicted octanol–water partition coefficient (Wildman–Crippen LogP) is 6.69. The van der Waals surface area contributed by atoms with Gasteiger partial charge in [-0.05, 0) is 35.7 Å². The van der Waals surface area contributed by atoms with Gasteiger partial charge in [-0.3, -0.25) is 4.98 Å². The van der Waals surface area contributed by atoms with Crippen molar-refractivity contribution in [2.75, 3.05) is 4.90 Å². The van der Waals surface area contributed by atoms with Crippen molar-refractivity contribution in [2.45, 2.75) is 32.5 Å². The number of aliphatic imine (C=N–C) groups is 1. The molecule has 0 fully saturated rings. The first-order chi connectivity index (χ1) is 16.1. The second kappa shape index (κ2) is 8.96. The number of anilines is 1. The Balaban J connectivity index is 1.67. The number of aryl methyl sites for hydroxylation is 1. The van der Waals surface area contributed by atoms with E-state index in [4.69, 9.17) is 0 Å². The number of alkyl halides is 3. The van der Waals surface area contributed by atoms with Crippen LogP contribution >= 0.6 is 0 Å². The van der Waals surface area contributed by atoms with Crippen molar-refractivity contribution in [3.05, 3.63) is 100 Å². The topological polar surface area (TPSA) is 28.5 Å². The molecule has 0 amide bonds. The lowest BCUT2D eigenvalue weighted by Crippen LogP contribution is -2.25. The molecule has 0 saturated carbocycles. The highest BCUT2D eigenvalue weighted by Crippen LogP contribution is 2.36. The monoisotopic (exact) mass is 475 g/mol. The Hall–Kier alpha value is -3.62. The Morgan fingerprint density at radius 2 is 1.68 bits per heavy atom. The van der Waals surface area contributed by atoms with Gasteiger partial charge in [-0.15, -0.1) is 0 Å². The Morgan fingerprint density at radius 1 is 0.971 bits per heavy atom. The molecule has 4 rings (SSSR count).